The monoisotopic (exact) mass is 281 g/mol. The van der Waals surface area contributed by atoms with Gasteiger partial charge in [0.2, 0.25) is 0 Å². The average Bonchev–Trinajstić information content (AvgIpc) is 2.29. The average molecular weight is 281 g/mol. The second-order valence-electron chi connectivity index (χ2n) is 3.22. The molecule has 0 aliphatic heterocycles. The Morgan fingerprint density at radius 1 is 1.11 bits per heavy atom. The topological polar surface area (TPSA) is 65.0 Å². The van der Waals surface area contributed by atoms with E-state index in [4.69, 9.17) is 0 Å². The number of carbonyl (C=O) groups is 1. The molecule has 0 heterocycles. The van der Waals surface area contributed by atoms with Crippen LogP contribution in [0.3, 0.4) is 0 Å². The van der Waals surface area contributed by atoms with Crippen LogP contribution in [0.25, 0.3) is 0 Å². The number of halogens is 4. The largest absolute Gasteiger partial charge is 0.431 e. The maximum Gasteiger partial charge on any atom is 0.387 e. The van der Waals surface area contributed by atoms with Gasteiger partial charge in [0.1, 0.15) is 5.69 Å². The number of alkyl halides is 4. The molecule has 0 bridgehead atoms. The number of rotatable bonds is 6. The molecule has 19 heavy (non-hydrogen) atoms. The van der Waals surface area contributed by atoms with Gasteiger partial charge < -0.3 is 9.47 Å². The molecule has 0 fully saturated rings. The van der Waals surface area contributed by atoms with E-state index in [1.165, 1.54) is 0 Å². The maximum atomic E-state index is 12.1. The molecular weight excluding hydrogens is 274 g/mol. The lowest BCUT2D eigenvalue weighted by molar-refractivity contribution is -0.0692. The number of carbonyl (C=O) groups excluding carboxylic acids is 1. The minimum Gasteiger partial charge on any atom is -0.431 e. The van der Waals surface area contributed by atoms with Crippen LogP contribution < -0.4 is 9.47 Å². The summed E-state index contributed by atoms with van der Waals surface area (Å²) in [5.41, 5.74) is -0.850. The Labute approximate surface area is 104 Å². The van der Waals surface area contributed by atoms with Crippen molar-refractivity contribution in [3.05, 3.63) is 22.6 Å². The minimum absolute atomic E-state index is 0.340. The number of nitroso groups, excluding NO2 is 1. The summed E-state index contributed by atoms with van der Waals surface area (Å²) in [4.78, 5) is 21.6. The fourth-order valence-electron chi connectivity index (χ4n) is 1.28. The molecule has 0 radical (unpaired) electrons. The second-order valence-corrected chi connectivity index (χ2v) is 3.22. The van der Waals surface area contributed by atoms with Crippen molar-refractivity contribution in [2.75, 3.05) is 0 Å². The summed E-state index contributed by atoms with van der Waals surface area (Å²) in [5.74, 6) is -2.26. The van der Waals surface area contributed by atoms with Crippen LogP contribution in [0.4, 0.5) is 23.2 Å². The van der Waals surface area contributed by atoms with E-state index in [2.05, 4.69) is 14.7 Å². The first kappa shape index (κ1) is 14.9. The van der Waals surface area contributed by atoms with Crippen molar-refractivity contribution in [3.63, 3.8) is 0 Å². The van der Waals surface area contributed by atoms with Crippen molar-refractivity contribution in [2.24, 2.45) is 5.18 Å². The SMILES string of the molecule is CC(=O)c1cc(OC(F)F)c(OC(F)F)cc1N=O. The Morgan fingerprint density at radius 3 is 1.95 bits per heavy atom. The predicted octanol–water partition coefficient (Wildman–Crippen LogP) is 3.49. The number of ketones is 1. The molecule has 0 unspecified atom stereocenters. The standard InChI is InChI=1S/C10H7F4NO4/c1-4(16)5-2-7(18-9(11)12)8(19-10(13)14)3-6(5)15-17/h2-3,9-10H,1H3. The summed E-state index contributed by atoms with van der Waals surface area (Å²) in [6.07, 6.45) is 0. The van der Waals surface area contributed by atoms with Crippen molar-refractivity contribution < 1.29 is 31.8 Å². The van der Waals surface area contributed by atoms with E-state index < -0.39 is 36.2 Å². The lowest BCUT2D eigenvalue weighted by atomic mass is 10.1. The zero-order valence-electron chi connectivity index (χ0n) is 9.40. The highest BCUT2D eigenvalue weighted by molar-refractivity contribution is 5.99. The highest BCUT2D eigenvalue weighted by atomic mass is 19.3. The van der Waals surface area contributed by atoms with Gasteiger partial charge in [0.25, 0.3) is 0 Å². The van der Waals surface area contributed by atoms with Crippen LogP contribution in [0.1, 0.15) is 17.3 Å². The summed E-state index contributed by atoms with van der Waals surface area (Å²) in [5, 5.41) is 2.44. The van der Waals surface area contributed by atoms with Gasteiger partial charge in [-0.15, -0.1) is 4.91 Å². The number of benzene rings is 1. The second kappa shape index (κ2) is 6.12. The van der Waals surface area contributed by atoms with Gasteiger partial charge in [-0.1, -0.05) is 0 Å². The summed E-state index contributed by atoms with van der Waals surface area (Å²) in [6, 6.07) is 1.33. The zero-order valence-corrected chi connectivity index (χ0v) is 9.40. The summed E-state index contributed by atoms with van der Waals surface area (Å²) < 4.78 is 56.3. The van der Waals surface area contributed by atoms with Crippen LogP contribution in [0.15, 0.2) is 17.3 Å². The van der Waals surface area contributed by atoms with Crippen LogP contribution in [-0.2, 0) is 0 Å². The van der Waals surface area contributed by atoms with Gasteiger partial charge in [-0.3, -0.25) is 4.79 Å². The first-order chi connectivity index (χ1) is 8.85. The van der Waals surface area contributed by atoms with Gasteiger partial charge in [0.15, 0.2) is 17.3 Å². The third kappa shape index (κ3) is 3.90. The van der Waals surface area contributed by atoms with E-state index >= 15 is 0 Å². The Hall–Kier alpha value is -2.19. The van der Waals surface area contributed by atoms with Crippen molar-refractivity contribution in [1.29, 1.82) is 0 Å². The molecule has 1 rings (SSSR count). The first-order valence-corrected chi connectivity index (χ1v) is 4.77. The van der Waals surface area contributed by atoms with Crippen molar-refractivity contribution in [3.8, 4) is 11.5 Å². The predicted molar refractivity (Wildman–Crippen MR) is 55.2 cm³/mol. The van der Waals surface area contributed by atoms with Crippen LogP contribution in [0.5, 0.6) is 11.5 Å². The molecule has 5 nitrogen and oxygen atoms in total. The Morgan fingerprint density at radius 2 is 1.58 bits per heavy atom. The van der Waals surface area contributed by atoms with E-state index in [0.29, 0.717) is 12.1 Å². The molecule has 1 aromatic carbocycles. The normalized spacial score (nSPS) is 10.7. The van der Waals surface area contributed by atoms with E-state index in [9.17, 15) is 27.3 Å². The number of hydrogen-bond donors (Lipinski definition) is 0. The van der Waals surface area contributed by atoms with Crippen LogP contribution >= 0.6 is 0 Å². The summed E-state index contributed by atoms with van der Waals surface area (Å²) in [7, 11) is 0. The highest BCUT2D eigenvalue weighted by Crippen LogP contribution is 2.37. The molecular formula is C10H7F4NO4. The van der Waals surface area contributed by atoms with E-state index in [1.807, 2.05) is 0 Å². The van der Waals surface area contributed by atoms with Crippen LogP contribution in [0.2, 0.25) is 0 Å². The number of ether oxygens (including phenoxy) is 2. The highest BCUT2D eigenvalue weighted by Gasteiger charge is 2.20. The number of hydrogen-bond acceptors (Lipinski definition) is 5. The van der Waals surface area contributed by atoms with Crippen LogP contribution in [0, 0.1) is 4.91 Å². The molecule has 0 atom stereocenters. The smallest absolute Gasteiger partial charge is 0.387 e. The first-order valence-electron chi connectivity index (χ1n) is 4.77. The molecule has 0 aliphatic carbocycles. The molecule has 1 aromatic rings. The van der Waals surface area contributed by atoms with Crippen molar-refractivity contribution in [1.82, 2.24) is 0 Å². The van der Waals surface area contributed by atoms with E-state index in [0.717, 1.165) is 6.92 Å². The molecule has 104 valence electrons. The lowest BCUT2D eigenvalue weighted by Crippen LogP contribution is -2.08. The van der Waals surface area contributed by atoms with Gasteiger partial charge in [-0.25, -0.2) is 0 Å². The fourth-order valence-corrected chi connectivity index (χ4v) is 1.28. The fraction of sp³-hybridized carbons (Fsp3) is 0.300. The Balaban J connectivity index is 3.34. The number of Topliss-reactive ketones (excluding diaryl/α,β-unsaturated/α-hetero) is 1. The van der Waals surface area contributed by atoms with Gasteiger partial charge in [-0.2, -0.15) is 17.6 Å². The van der Waals surface area contributed by atoms with E-state index in [1.54, 1.807) is 0 Å². The van der Waals surface area contributed by atoms with E-state index in [-0.39, 0.29) is 5.56 Å². The Kier molecular flexibility index (Phi) is 4.79. The third-order valence-electron chi connectivity index (χ3n) is 1.97. The minimum atomic E-state index is -3.32. The van der Waals surface area contributed by atoms with Gasteiger partial charge in [0.05, 0.1) is 5.56 Å². The molecule has 0 aromatic heterocycles. The molecule has 0 spiro atoms. The molecule has 0 amide bonds. The summed E-state index contributed by atoms with van der Waals surface area (Å²) >= 11 is 0. The van der Waals surface area contributed by atoms with Gasteiger partial charge in [0, 0.05) is 6.07 Å². The van der Waals surface area contributed by atoms with Crippen LogP contribution in [-0.4, -0.2) is 19.0 Å². The third-order valence-corrected chi connectivity index (χ3v) is 1.97. The molecule has 9 heteroatoms. The molecule has 0 saturated heterocycles. The maximum absolute atomic E-state index is 12.1. The van der Waals surface area contributed by atoms with Gasteiger partial charge >= 0.3 is 13.2 Å². The summed E-state index contributed by atoms with van der Waals surface area (Å²) in [6.45, 7) is -5.58. The molecule has 0 saturated carbocycles. The zero-order chi connectivity index (χ0) is 14.6. The lowest BCUT2D eigenvalue weighted by Gasteiger charge is -2.13. The number of nitrogens with zero attached hydrogens (tertiary/aromatic N) is 1. The van der Waals surface area contributed by atoms with Crippen molar-refractivity contribution in [2.45, 2.75) is 20.1 Å². The van der Waals surface area contributed by atoms with Gasteiger partial charge in [-0.05, 0) is 18.2 Å². The molecule has 0 N–H and O–H groups in total. The van der Waals surface area contributed by atoms with Crippen molar-refractivity contribution >= 4 is 11.5 Å². The quantitative estimate of drug-likeness (QED) is 0.455. The molecule has 0 aliphatic rings. The Bertz CT molecular complexity index is 493.